The van der Waals surface area contributed by atoms with Gasteiger partial charge in [-0.1, -0.05) is 26.0 Å². The predicted molar refractivity (Wildman–Crippen MR) is 198 cm³/mol. The third kappa shape index (κ3) is 8.58. The first-order valence-electron chi connectivity index (χ1n) is 19.0. The van der Waals surface area contributed by atoms with Crippen LogP contribution in [0.1, 0.15) is 92.4 Å². The number of carbonyl (C=O) groups is 4. The van der Waals surface area contributed by atoms with Gasteiger partial charge in [0.15, 0.2) is 17.3 Å². The molecule has 3 heterocycles. The second-order valence-corrected chi connectivity index (χ2v) is 18.7. The molecule has 4 aliphatic rings. The molecule has 294 valence electrons. The van der Waals surface area contributed by atoms with Gasteiger partial charge >= 0.3 is 5.97 Å². The van der Waals surface area contributed by atoms with Gasteiger partial charge in [0.1, 0.15) is 11.7 Å². The van der Waals surface area contributed by atoms with Crippen molar-refractivity contribution in [3.05, 3.63) is 42.4 Å². The number of allylic oxidation sites excluding steroid dienone is 2. The van der Waals surface area contributed by atoms with Gasteiger partial charge < -0.3 is 19.1 Å². The molecule has 1 aromatic carbocycles. The Morgan fingerprint density at radius 3 is 2.50 bits per heavy atom. The maximum Gasteiger partial charge on any atom is 0.307 e. The summed E-state index contributed by atoms with van der Waals surface area (Å²) in [5, 5.41) is -0.0166. The number of carbonyl (C=O) groups excluding carboxylic acids is 4. The van der Waals surface area contributed by atoms with Crippen LogP contribution in [0.2, 0.25) is 0 Å². The fourth-order valence-electron chi connectivity index (χ4n) is 8.13. The molecule has 2 aromatic rings. The quantitative estimate of drug-likeness (QED) is 0.262. The first kappa shape index (κ1) is 39.6. The Kier molecular flexibility index (Phi) is 11.2. The van der Waals surface area contributed by atoms with E-state index in [1.54, 1.807) is 26.8 Å². The molecular formula is C40H52FN3O9S. The highest BCUT2D eigenvalue weighted by Gasteiger charge is 2.61. The van der Waals surface area contributed by atoms with Crippen molar-refractivity contribution in [2.24, 2.45) is 29.1 Å². The van der Waals surface area contributed by atoms with Gasteiger partial charge in [-0.05, 0) is 95.2 Å². The fraction of sp³-hybridized carbons (Fsp3) is 0.625. The zero-order valence-corrected chi connectivity index (χ0v) is 32.7. The number of aromatic nitrogens is 1. The van der Waals surface area contributed by atoms with E-state index >= 15 is 4.39 Å². The van der Waals surface area contributed by atoms with Crippen molar-refractivity contribution in [3.63, 3.8) is 0 Å². The Bertz CT molecular complexity index is 1940. The highest BCUT2D eigenvalue weighted by molar-refractivity contribution is 7.90. The number of benzene rings is 1. The van der Waals surface area contributed by atoms with Gasteiger partial charge in [-0.2, -0.15) is 0 Å². The van der Waals surface area contributed by atoms with Gasteiger partial charge in [-0.15, -0.1) is 0 Å². The molecule has 1 aromatic heterocycles. The van der Waals surface area contributed by atoms with Crippen molar-refractivity contribution in [1.82, 2.24) is 14.6 Å². The first-order valence-corrected chi connectivity index (χ1v) is 20.5. The number of esters is 1. The number of ketones is 1. The summed E-state index contributed by atoms with van der Waals surface area (Å²) < 4.78 is 60.4. The second-order valence-electron chi connectivity index (χ2n) is 16.8. The van der Waals surface area contributed by atoms with E-state index in [1.807, 2.05) is 19.1 Å². The fourth-order valence-corrected chi connectivity index (χ4v) is 9.51. The van der Waals surface area contributed by atoms with Gasteiger partial charge in [0.2, 0.25) is 27.7 Å². The molecule has 0 spiro atoms. The predicted octanol–water partition coefficient (Wildman–Crippen LogP) is 5.67. The maximum atomic E-state index is 15.2. The molecule has 14 heteroatoms. The summed E-state index contributed by atoms with van der Waals surface area (Å²) in [4.78, 5) is 62.2. The minimum Gasteiger partial charge on any atom is -0.494 e. The number of halogens is 1. The highest BCUT2D eigenvalue weighted by Crippen LogP contribution is 2.57. The summed E-state index contributed by atoms with van der Waals surface area (Å²) in [6.07, 6.45) is 7.53. The third-order valence-electron chi connectivity index (χ3n) is 11.3. The Labute approximate surface area is 316 Å². The number of nitrogens with one attached hydrogen (secondary N) is 1. The Hall–Kier alpha value is -4.07. The van der Waals surface area contributed by atoms with Crippen molar-refractivity contribution in [3.8, 4) is 11.6 Å². The third-order valence-corrected chi connectivity index (χ3v) is 13.1. The summed E-state index contributed by atoms with van der Waals surface area (Å²) in [5.41, 5.74) is -2.06. The molecule has 7 atom stereocenters. The molecule has 2 amide bonds. The van der Waals surface area contributed by atoms with Gasteiger partial charge in [-0.3, -0.25) is 23.9 Å². The standard InChI is InChI=1S/C40H52FN3O9S/c1-23-9-7-8-10-25-20-40(25,38(48)43-54(49,50)27-11-12-27)21-32(45)31-18-26(52-36-29-13-14-33(51-6)35(41)28(29)15-16-42-36)22-44(31)37(47)30(24(2)17-23)19-34(46)53-39(3,4)5/h8,10,13-16,23-27,30-31H,7,9,11-12,17-22H2,1-6H3,(H,43,48)/b10-8-/t23-,24-,25-,26-,30+,31+,40-/m1/s1. The van der Waals surface area contributed by atoms with Crippen LogP contribution < -0.4 is 14.2 Å². The van der Waals surface area contributed by atoms with E-state index in [0.29, 0.717) is 37.5 Å². The normalized spacial score (nSPS) is 30.0. The first-order chi connectivity index (χ1) is 25.4. The van der Waals surface area contributed by atoms with Crippen LogP contribution in [-0.2, 0) is 33.9 Å². The van der Waals surface area contributed by atoms with E-state index < -0.39 is 73.7 Å². The number of amides is 2. The Morgan fingerprint density at radius 1 is 1.07 bits per heavy atom. The van der Waals surface area contributed by atoms with E-state index in [2.05, 4.69) is 16.6 Å². The molecule has 0 bridgehead atoms. The number of sulfonamides is 1. The van der Waals surface area contributed by atoms with Gasteiger partial charge in [0.05, 0.1) is 42.7 Å². The number of hydrogen-bond donors (Lipinski definition) is 1. The van der Waals surface area contributed by atoms with Crippen LogP contribution in [0.3, 0.4) is 0 Å². The molecule has 12 nitrogen and oxygen atoms in total. The SMILES string of the molecule is COc1ccc2c(O[C@@H]3C[C@H]4C(=O)C[C@]5(C(=O)NS(=O)(=O)C6CC6)C[C@H]5/C=C\CC[C@@H](C)C[C@@H](C)[C@H](CC(=O)OC(C)(C)C)C(=O)N4C3)nccc2c1F. The molecule has 2 saturated carbocycles. The van der Waals surface area contributed by atoms with Crippen molar-refractivity contribution in [2.75, 3.05) is 13.7 Å². The van der Waals surface area contributed by atoms with Gasteiger partial charge in [0.25, 0.3) is 0 Å². The number of nitrogens with zero attached hydrogens (tertiary/aromatic N) is 2. The maximum absolute atomic E-state index is 15.2. The number of rotatable bonds is 8. The molecule has 54 heavy (non-hydrogen) atoms. The highest BCUT2D eigenvalue weighted by atomic mass is 32.2. The Balaban J connectivity index is 1.35. The van der Waals surface area contributed by atoms with Crippen molar-refractivity contribution < 1.29 is 46.2 Å². The van der Waals surface area contributed by atoms with Crippen molar-refractivity contribution >= 4 is 44.4 Å². The molecular weight excluding hydrogens is 718 g/mol. The minimum absolute atomic E-state index is 0.0301. The number of pyridine rings is 1. The average Bonchev–Trinajstić information content (AvgIpc) is 4.02. The lowest BCUT2D eigenvalue weighted by atomic mass is 9.82. The smallest absolute Gasteiger partial charge is 0.307 e. The lowest BCUT2D eigenvalue weighted by molar-refractivity contribution is -0.160. The molecule has 2 aliphatic carbocycles. The molecule has 0 unspecified atom stereocenters. The number of ether oxygens (including phenoxy) is 3. The lowest BCUT2D eigenvalue weighted by Crippen LogP contribution is -2.47. The van der Waals surface area contributed by atoms with Gasteiger partial charge in [0, 0.05) is 29.8 Å². The van der Waals surface area contributed by atoms with Crippen LogP contribution in [0, 0.1) is 34.9 Å². The summed E-state index contributed by atoms with van der Waals surface area (Å²) in [7, 11) is -2.51. The largest absolute Gasteiger partial charge is 0.494 e. The van der Waals surface area contributed by atoms with Crippen LogP contribution in [0.25, 0.3) is 10.8 Å². The molecule has 2 aliphatic heterocycles. The van der Waals surface area contributed by atoms with E-state index in [4.69, 9.17) is 14.2 Å². The second kappa shape index (κ2) is 15.2. The number of Topliss-reactive ketones (excluding diaryl/α,β-unsaturated/α-hetero) is 1. The van der Waals surface area contributed by atoms with Crippen molar-refractivity contribution in [1.29, 1.82) is 0 Å². The lowest BCUT2D eigenvalue weighted by Gasteiger charge is -2.32. The average molecular weight is 770 g/mol. The molecule has 1 N–H and O–H groups in total. The van der Waals surface area contributed by atoms with E-state index in [1.165, 1.54) is 30.3 Å². The van der Waals surface area contributed by atoms with E-state index in [9.17, 15) is 27.6 Å². The summed E-state index contributed by atoms with van der Waals surface area (Å²) in [6.45, 7) is 9.28. The van der Waals surface area contributed by atoms with E-state index in [0.717, 1.165) is 6.42 Å². The summed E-state index contributed by atoms with van der Waals surface area (Å²) in [5.74, 6) is -3.68. The topological polar surface area (TPSA) is 158 Å². The number of hydrogen-bond acceptors (Lipinski definition) is 10. The monoisotopic (exact) mass is 769 g/mol. The van der Waals surface area contributed by atoms with Crippen molar-refractivity contribution in [2.45, 2.75) is 115 Å². The minimum atomic E-state index is -3.88. The Morgan fingerprint density at radius 2 is 1.81 bits per heavy atom. The summed E-state index contributed by atoms with van der Waals surface area (Å²) >= 11 is 0. The van der Waals surface area contributed by atoms with Crippen LogP contribution in [0.4, 0.5) is 4.39 Å². The molecule has 3 fully saturated rings. The van der Waals surface area contributed by atoms with E-state index in [-0.39, 0.29) is 60.6 Å². The number of methoxy groups -OCH3 is 1. The zero-order valence-electron chi connectivity index (χ0n) is 31.9. The van der Waals surface area contributed by atoms with Crippen LogP contribution in [0.15, 0.2) is 36.5 Å². The van der Waals surface area contributed by atoms with Crippen LogP contribution >= 0.6 is 0 Å². The molecule has 0 radical (unpaired) electrons. The van der Waals surface area contributed by atoms with Crippen LogP contribution in [0.5, 0.6) is 11.6 Å². The van der Waals surface area contributed by atoms with Crippen LogP contribution in [-0.4, -0.2) is 78.5 Å². The van der Waals surface area contributed by atoms with Gasteiger partial charge in [-0.25, -0.2) is 17.8 Å². The zero-order chi connectivity index (χ0) is 39.2. The molecule has 1 saturated heterocycles. The number of fused-ring (bicyclic) bond motifs is 3. The molecule has 6 rings (SSSR count). The summed E-state index contributed by atoms with van der Waals surface area (Å²) in [6, 6.07) is 3.56.